The normalized spacial score (nSPS) is 17.1. The Hall–Kier alpha value is -2.63. The number of piperidine rings is 1. The standard InChI is InChI=1S/C20H27N5O/c1-16(2)14-21-19-8-7-17(15-22-19)20(26)25-12-4-3-6-18(25)9-13-24-11-5-10-23-24/h5,7-8,10-11,15,18H,1,3-4,6,9,12-14H2,2H3,(H,21,22). The van der Waals surface area contributed by atoms with Crippen molar-refractivity contribution in [2.75, 3.05) is 18.4 Å². The Morgan fingerprint density at radius 2 is 2.27 bits per heavy atom. The second-order valence-electron chi connectivity index (χ2n) is 6.95. The summed E-state index contributed by atoms with van der Waals surface area (Å²) in [5.41, 5.74) is 1.69. The number of pyridine rings is 1. The largest absolute Gasteiger partial charge is 0.366 e. The highest BCUT2D eigenvalue weighted by Gasteiger charge is 2.27. The minimum atomic E-state index is 0.0779. The summed E-state index contributed by atoms with van der Waals surface area (Å²) in [6.45, 7) is 8.16. The van der Waals surface area contributed by atoms with Gasteiger partial charge >= 0.3 is 0 Å². The van der Waals surface area contributed by atoms with Gasteiger partial charge in [0.25, 0.3) is 5.91 Å². The van der Waals surface area contributed by atoms with Gasteiger partial charge in [0, 0.05) is 44.3 Å². The number of amides is 1. The average Bonchev–Trinajstić information content (AvgIpc) is 3.18. The number of anilines is 1. The molecule has 2 aromatic rings. The van der Waals surface area contributed by atoms with Crippen molar-refractivity contribution in [1.82, 2.24) is 19.7 Å². The maximum Gasteiger partial charge on any atom is 0.255 e. The minimum Gasteiger partial charge on any atom is -0.366 e. The van der Waals surface area contributed by atoms with Crippen LogP contribution in [0.2, 0.25) is 0 Å². The third kappa shape index (κ3) is 4.71. The molecule has 1 saturated heterocycles. The summed E-state index contributed by atoms with van der Waals surface area (Å²) in [4.78, 5) is 19.4. The van der Waals surface area contributed by atoms with E-state index in [0.717, 1.165) is 43.7 Å². The van der Waals surface area contributed by atoms with E-state index in [4.69, 9.17) is 0 Å². The zero-order chi connectivity index (χ0) is 18.4. The molecule has 138 valence electrons. The van der Waals surface area contributed by atoms with Crippen LogP contribution >= 0.6 is 0 Å². The van der Waals surface area contributed by atoms with Gasteiger partial charge in [-0.05, 0) is 50.8 Å². The molecule has 0 saturated carbocycles. The molecule has 6 nitrogen and oxygen atoms in total. The molecule has 2 aromatic heterocycles. The molecule has 0 aromatic carbocycles. The Morgan fingerprint density at radius 1 is 1.38 bits per heavy atom. The van der Waals surface area contributed by atoms with E-state index < -0.39 is 0 Å². The van der Waals surface area contributed by atoms with Crippen LogP contribution in [0.5, 0.6) is 0 Å². The predicted octanol–water partition coefficient (Wildman–Crippen LogP) is 3.35. The van der Waals surface area contributed by atoms with E-state index in [9.17, 15) is 4.79 Å². The molecule has 0 aliphatic carbocycles. The SMILES string of the molecule is C=C(C)CNc1ccc(C(=O)N2CCCCC2CCn2cccn2)cn1. The van der Waals surface area contributed by atoms with E-state index in [1.54, 1.807) is 12.4 Å². The lowest BCUT2D eigenvalue weighted by Gasteiger charge is -2.36. The van der Waals surface area contributed by atoms with Crippen molar-refractivity contribution in [2.24, 2.45) is 0 Å². The zero-order valence-corrected chi connectivity index (χ0v) is 15.4. The number of likely N-dealkylation sites (tertiary alicyclic amines) is 1. The van der Waals surface area contributed by atoms with Crippen LogP contribution in [0.4, 0.5) is 5.82 Å². The highest BCUT2D eigenvalue weighted by atomic mass is 16.2. The molecular weight excluding hydrogens is 326 g/mol. The fourth-order valence-electron chi connectivity index (χ4n) is 3.31. The number of aromatic nitrogens is 3. The van der Waals surface area contributed by atoms with Crippen molar-refractivity contribution in [3.63, 3.8) is 0 Å². The van der Waals surface area contributed by atoms with Gasteiger partial charge < -0.3 is 10.2 Å². The van der Waals surface area contributed by atoms with Gasteiger partial charge in [0.15, 0.2) is 0 Å². The number of carbonyl (C=O) groups is 1. The molecule has 1 amide bonds. The molecule has 6 heteroatoms. The molecule has 1 aliphatic rings. The Labute approximate surface area is 154 Å². The van der Waals surface area contributed by atoms with Crippen LogP contribution in [-0.4, -0.2) is 44.7 Å². The summed E-state index contributed by atoms with van der Waals surface area (Å²) >= 11 is 0. The van der Waals surface area contributed by atoms with Crippen molar-refractivity contribution < 1.29 is 4.79 Å². The van der Waals surface area contributed by atoms with Crippen LogP contribution in [0.25, 0.3) is 0 Å². The van der Waals surface area contributed by atoms with Gasteiger partial charge in [0.1, 0.15) is 5.82 Å². The molecule has 1 unspecified atom stereocenters. The monoisotopic (exact) mass is 353 g/mol. The van der Waals surface area contributed by atoms with Gasteiger partial charge in [-0.25, -0.2) is 4.98 Å². The summed E-state index contributed by atoms with van der Waals surface area (Å²) in [5.74, 6) is 0.840. The Bertz CT molecular complexity index is 723. The van der Waals surface area contributed by atoms with Crippen molar-refractivity contribution in [3.8, 4) is 0 Å². The van der Waals surface area contributed by atoms with Gasteiger partial charge in [-0.3, -0.25) is 9.48 Å². The van der Waals surface area contributed by atoms with Crippen LogP contribution in [0.3, 0.4) is 0 Å². The van der Waals surface area contributed by atoms with E-state index in [1.807, 2.05) is 40.9 Å². The molecule has 0 spiro atoms. The molecule has 26 heavy (non-hydrogen) atoms. The van der Waals surface area contributed by atoms with Gasteiger partial charge in [-0.15, -0.1) is 0 Å². The van der Waals surface area contributed by atoms with E-state index in [1.165, 1.54) is 6.42 Å². The Kier molecular flexibility index (Phi) is 6.04. The summed E-state index contributed by atoms with van der Waals surface area (Å²) in [7, 11) is 0. The first-order chi connectivity index (χ1) is 12.6. The fraction of sp³-hybridized carbons (Fsp3) is 0.450. The molecule has 1 N–H and O–H groups in total. The van der Waals surface area contributed by atoms with E-state index in [-0.39, 0.29) is 11.9 Å². The Balaban J connectivity index is 1.62. The van der Waals surface area contributed by atoms with Crippen molar-refractivity contribution in [2.45, 2.75) is 45.2 Å². The number of rotatable bonds is 7. The number of aryl methyl sites for hydroxylation is 1. The number of hydrogen-bond acceptors (Lipinski definition) is 4. The lowest BCUT2D eigenvalue weighted by molar-refractivity contribution is 0.0593. The molecule has 1 aliphatic heterocycles. The number of carbonyl (C=O) groups excluding carboxylic acids is 1. The number of nitrogens with one attached hydrogen (secondary N) is 1. The summed E-state index contributed by atoms with van der Waals surface area (Å²) in [6.07, 6.45) is 9.65. The van der Waals surface area contributed by atoms with Crippen LogP contribution in [0.1, 0.15) is 43.0 Å². The minimum absolute atomic E-state index is 0.0779. The molecule has 0 bridgehead atoms. The fourth-order valence-corrected chi connectivity index (χ4v) is 3.31. The van der Waals surface area contributed by atoms with Crippen LogP contribution in [0.15, 0.2) is 48.9 Å². The number of hydrogen-bond donors (Lipinski definition) is 1. The van der Waals surface area contributed by atoms with Gasteiger partial charge in [-0.2, -0.15) is 5.10 Å². The lowest BCUT2D eigenvalue weighted by atomic mass is 9.98. The van der Waals surface area contributed by atoms with Crippen molar-refractivity contribution in [3.05, 3.63) is 54.5 Å². The van der Waals surface area contributed by atoms with Crippen LogP contribution in [0, 0.1) is 0 Å². The van der Waals surface area contributed by atoms with Crippen LogP contribution in [-0.2, 0) is 6.54 Å². The third-order valence-electron chi connectivity index (χ3n) is 4.72. The van der Waals surface area contributed by atoms with Gasteiger partial charge in [0.2, 0.25) is 0 Å². The first kappa shape index (κ1) is 18.2. The second kappa shape index (κ2) is 8.65. The van der Waals surface area contributed by atoms with Crippen LogP contribution < -0.4 is 5.32 Å². The lowest BCUT2D eigenvalue weighted by Crippen LogP contribution is -2.44. The van der Waals surface area contributed by atoms with Crippen molar-refractivity contribution in [1.29, 1.82) is 0 Å². The molecule has 3 rings (SSSR count). The van der Waals surface area contributed by atoms with Gasteiger partial charge in [-0.1, -0.05) is 12.2 Å². The first-order valence-electron chi connectivity index (χ1n) is 9.26. The second-order valence-corrected chi connectivity index (χ2v) is 6.95. The topological polar surface area (TPSA) is 63.1 Å². The predicted molar refractivity (Wildman–Crippen MR) is 103 cm³/mol. The van der Waals surface area contributed by atoms with E-state index in [0.29, 0.717) is 12.1 Å². The maximum absolute atomic E-state index is 13.0. The van der Waals surface area contributed by atoms with E-state index in [2.05, 4.69) is 22.0 Å². The van der Waals surface area contributed by atoms with Crippen molar-refractivity contribution >= 4 is 11.7 Å². The maximum atomic E-state index is 13.0. The highest BCUT2D eigenvalue weighted by Crippen LogP contribution is 2.22. The summed E-state index contributed by atoms with van der Waals surface area (Å²) in [5, 5.41) is 7.45. The Morgan fingerprint density at radius 3 is 2.96 bits per heavy atom. The van der Waals surface area contributed by atoms with E-state index >= 15 is 0 Å². The molecular formula is C20H27N5O. The summed E-state index contributed by atoms with van der Waals surface area (Å²) < 4.78 is 1.93. The molecule has 1 atom stereocenters. The smallest absolute Gasteiger partial charge is 0.255 e. The third-order valence-corrected chi connectivity index (χ3v) is 4.72. The highest BCUT2D eigenvalue weighted by molar-refractivity contribution is 5.94. The first-order valence-corrected chi connectivity index (χ1v) is 9.26. The molecule has 0 radical (unpaired) electrons. The average molecular weight is 353 g/mol. The van der Waals surface area contributed by atoms with Gasteiger partial charge in [0.05, 0.1) is 5.56 Å². The molecule has 3 heterocycles. The number of nitrogens with zero attached hydrogens (tertiary/aromatic N) is 4. The zero-order valence-electron chi connectivity index (χ0n) is 15.4. The molecule has 1 fully saturated rings. The quantitative estimate of drug-likeness (QED) is 0.776. The summed E-state index contributed by atoms with van der Waals surface area (Å²) in [6, 6.07) is 5.91.